The maximum Gasteiger partial charge on any atom is 0.407 e. The number of ether oxygens (including phenoxy) is 3. The summed E-state index contributed by atoms with van der Waals surface area (Å²) < 4.78 is 18.6. The summed E-state index contributed by atoms with van der Waals surface area (Å²) in [4.78, 5) is 29.1. The normalized spacial score (nSPS) is 20.1. The van der Waals surface area contributed by atoms with Crippen LogP contribution in [0.4, 0.5) is 4.79 Å². The lowest BCUT2D eigenvalue weighted by molar-refractivity contribution is -0.148. The Kier molecular flexibility index (Phi) is 8.34. The number of aryl methyl sites for hydroxylation is 2. The molecule has 2 atom stereocenters. The minimum absolute atomic E-state index is 0.0460. The molecule has 2 heterocycles. The first-order chi connectivity index (χ1) is 17.7. The fraction of sp³-hybridized carbons (Fsp3) is 0.667. The molecule has 2 aromatic rings. The number of hydrogen-bond acceptors (Lipinski definition) is 8. The molecule has 2 aromatic heterocycles. The molecule has 0 saturated heterocycles. The summed E-state index contributed by atoms with van der Waals surface area (Å²) >= 11 is 0. The van der Waals surface area contributed by atoms with E-state index in [1.165, 1.54) is 0 Å². The second-order valence-electron chi connectivity index (χ2n) is 10.7. The maximum atomic E-state index is 12.4. The van der Waals surface area contributed by atoms with Crippen LogP contribution in [0.1, 0.15) is 83.5 Å². The lowest BCUT2D eigenvalue weighted by Crippen LogP contribution is -2.37. The van der Waals surface area contributed by atoms with Crippen molar-refractivity contribution in [1.82, 2.24) is 25.3 Å². The molecule has 37 heavy (non-hydrogen) atoms. The van der Waals surface area contributed by atoms with Gasteiger partial charge in [-0.3, -0.25) is 4.79 Å². The van der Waals surface area contributed by atoms with Gasteiger partial charge in [-0.05, 0) is 77.3 Å². The van der Waals surface area contributed by atoms with Gasteiger partial charge in [0.25, 0.3) is 0 Å². The standard InChI is InChI=1S/C27H39N5O5/c1-6-11-27(12-13-27)29-26(34)35-16-22-25(30-31-32(22)5)21-9-10-23(18(4)28-21)37-20-8-7-19(14-20)15-24(33)36-17(2)3/h9-10,17,19-20H,6-8,11-16H2,1-5H3,(H,29,34)/t19-,20-/m0/s1. The average molecular weight is 514 g/mol. The number of aromatic nitrogens is 4. The quantitative estimate of drug-likeness (QED) is 0.432. The van der Waals surface area contributed by atoms with Crippen molar-refractivity contribution >= 4 is 12.1 Å². The summed E-state index contributed by atoms with van der Waals surface area (Å²) in [5.41, 5.74) is 2.53. The highest BCUT2D eigenvalue weighted by molar-refractivity contribution is 5.70. The third-order valence-corrected chi connectivity index (χ3v) is 7.12. The lowest BCUT2D eigenvalue weighted by atomic mass is 10.0. The van der Waals surface area contributed by atoms with Gasteiger partial charge in [0, 0.05) is 19.0 Å². The number of carbonyl (C=O) groups excluding carboxylic acids is 2. The largest absolute Gasteiger partial charge is 0.489 e. The Morgan fingerprint density at radius 3 is 2.70 bits per heavy atom. The molecule has 2 aliphatic rings. The van der Waals surface area contributed by atoms with Crippen LogP contribution < -0.4 is 10.1 Å². The molecule has 2 aliphatic carbocycles. The second kappa shape index (κ2) is 11.5. The van der Waals surface area contributed by atoms with Crippen molar-refractivity contribution in [3.05, 3.63) is 23.5 Å². The van der Waals surface area contributed by atoms with Gasteiger partial charge in [-0.15, -0.1) is 5.10 Å². The molecule has 0 bridgehead atoms. The summed E-state index contributed by atoms with van der Waals surface area (Å²) in [5.74, 6) is 0.850. The number of carbonyl (C=O) groups is 2. The van der Waals surface area contributed by atoms with Gasteiger partial charge >= 0.3 is 12.1 Å². The first kappa shape index (κ1) is 26.9. The second-order valence-corrected chi connectivity index (χ2v) is 10.7. The molecule has 10 heteroatoms. The van der Waals surface area contributed by atoms with Crippen LogP contribution in [0.2, 0.25) is 0 Å². The SMILES string of the molecule is CCCC1(NC(=O)OCc2c(-c3ccc(O[C@H]4CC[C@H](CC(=O)OC(C)C)C4)c(C)n3)nnn2C)CC1. The van der Waals surface area contributed by atoms with Crippen LogP contribution in [0.25, 0.3) is 11.4 Å². The number of rotatable bonds is 11. The molecular weight excluding hydrogens is 474 g/mol. The summed E-state index contributed by atoms with van der Waals surface area (Å²) in [5, 5.41) is 11.4. The Labute approximate surface area is 218 Å². The van der Waals surface area contributed by atoms with Crippen LogP contribution in [0.3, 0.4) is 0 Å². The Bertz CT molecular complexity index is 1110. The molecule has 2 saturated carbocycles. The number of alkyl carbamates (subject to hydrolysis) is 1. The fourth-order valence-electron chi connectivity index (χ4n) is 5.04. The maximum absolute atomic E-state index is 12.4. The van der Waals surface area contributed by atoms with E-state index in [1.807, 2.05) is 32.9 Å². The van der Waals surface area contributed by atoms with Crippen molar-refractivity contribution in [2.45, 2.75) is 103 Å². The molecule has 1 N–H and O–H groups in total. The number of esters is 1. The van der Waals surface area contributed by atoms with Crippen molar-refractivity contribution in [3.63, 3.8) is 0 Å². The third kappa shape index (κ3) is 6.99. The van der Waals surface area contributed by atoms with Crippen LogP contribution in [0.15, 0.2) is 12.1 Å². The van der Waals surface area contributed by atoms with Gasteiger partial charge in [0.1, 0.15) is 23.7 Å². The van der Waals surface area contributed by atoms with E-state index >= 15 is 0 Å². The van der Waals surface area contributed by atoms with E-state index in [1.54, 1.807) is 11.7 Å². The van der Waals surface area contributed by atoms with Crippen LogP contribution in [0.5, 0.6) is 5.75 Å². The average Bonchev–Trinajstić information content (AvgIpc) is 3.26. The molecule has 0 radical (unpaired) electrons. The van der Waals surface area contributed by atoms with Gasteiger partial charge in [0.2, 0.25) is 0 Å². The molecule has 2 fully saturated rings. The van der Waals surface area contributed by atoms with Crippen molar-refractivity contribution < 1.29 is 23.8 Å². The van der Waals surface area contributed by atoms with Crippen LogP contribution in [-0.4, -0.2) is 49.8 Å². The van der Waals surface area contributed by atoms with E-state index < -0.39 is 6.09 Å². The summed E-state index contributed by atoms with van der Waals surface area (Å²) in [6, 6.07) is 3.74. The monoisotopic (exact) mass is 513 g/mol. The Hall–Kier alpha value is -3.17. The van der Waals surface area contributed by atoms with E-state index in [2.05, 4.69) is 22.6 Å². The zero-order valence-corrected chi connectivity index (χ0v) is 22.6. The van der Waals surface area contributed by atoms with E-state index in [0.29, 0.717) is 29.3 Å². The van der Waals surface area contributed by atoms with E-state index in [-0.39, 0.29) is 36.2 Å². The van der Waals surface area contributed by atoms with Gasteiger partial charge in [-0.25, -0.2) is 14.5 Å². The third-order valence-electron chi connectivity index (χ3n) is 7.12. The minimum Gasteiger partial charge on any atom is -0.489 e. The van der Waals surface area contributed by atoms with Gasteiger partial charge in [-0.1, -0.05) is 18.6 Å². The first-order valence-electron chi connectivity index (χ1n) is 13.4. The summed E-state index contributed by atoms with van der Waals surface area (Å²) in [6.45, 7) is 7.79. The van der Waals surface area contributed by atoms with Crippen molar-refractivity contribution in [1.29, 1.82) is 0 Å². The molecule has 0 spiro atoms. The topological polar surface area (TPSA) is 117 Å². The Balaban J connectivity index is 1.34. The lowest BCUT2D eigenvalue weighted by Gasteiger charge is -2.17. The number of amides is 1. The van der Waals surface area contributed by atoms with E-state index in [4.69, 9.17) is 19.2 Å². The van der Waals surface area contributed by atoms with Gasteiger partial charge in [0.05, 0.1) is 23.6 Å². The number of nitrogens with zero attached hydrogens (tertiary/aromatic N) is 4. The van der Waals surface area contributed by atoms with Crippen molar-refractivity contribution in [3.8, 4) is 17.1 Å². The fourth-order valence-corrected chi connectivity index (χ4v) is 5.04. The highest BCUT2D eigenvalue weighted by Gasteiger charge is 2.43. The van der Waals surface area contributed by atoms with Gasteiger partial charge in [-0.2, -0.15) is 0 Å². The zero-order chi connectivity index (χ0) is 26.6. The molecule has 4 rings (SSSR count). The van der Waals surface area contributed by atoms with Gasteiger partial charge < -0.3 is 19.5 Å². The van der Waals surface area contributed by atoms with E-state index in [0.717, 1.165) is 50.6 Å². The predicted octanol–water partition coefficient (Wildman–Crippen LogP) is 4.63. The zero-order valence-electron chi connectivity index (χ0n) is 22.6. The molecule has 0 unspecified atom stereocenters. The molecule has 202 valence electrons. The first-order valence-corrected chi connectivity index (χ1v) is 13.4. The van der Waals surface area contributed by atoms with Crippen LogP contribution in [-0.2, 0) is 27.9 Å². The summed E-state index contributed by atoms with van der Waals surface area (Å²) in [7, 11) is 1.77. The van der Waals surface area contributed by atoms with Crippen LogP contribution >= 0.6 is 0 Å². The van der Waals surface area contributed by atoms with Crippen molar-refractivity contribution in [2.24, 2.45) is 13.0 Å². The van der Waals surface area contributed by atoms with Gasteiger partial charge in [0.15, 0.2) is 0 Å². The van der Waals surface area contributed by atoms with E-state index in [9.17, 15) is 9.59 Å². The molecule has 0 aromatic carbocycles. The number of hydrogen-bond donors (Lipinski definition) is 1. The van der Waals surface area contributed by atoms with Crippen LogP contribution in [0, 0.1) is 12.8 Å². The minimum atomic E-state index is -0.418. The highest BCUT2D eigenvalue weighted by atomic mass is 16.6. The molecular formula is C27H39N5O5. The Morgan fingerprint density at radius 1 is 1.24 bits per heavy atom. The predicted molar refractivity (Wildman–Crippen MR) is 137 cm³/mol. The number of nitrogens with one attached hydrogen (secondary N) is 1. The summed E-state index contributed by atoms with van der Waals surface area (Å²) in [6.07, 6.45) is 6.61. The molecule has 10 nitrogen and oxygen atoms in total. The number of pyridine rings is 1. The van der Waals surface area contributed by atoms with Crippen molar-refractivity contribution in [2.75, 3.05) is 0 Å². The molecule has 0 aliphatic heterocycles. The Morgan fingerprint density at radius 2 is 2.03 bits per heavy atom. The molecule has 1 amide bonds. The smallest absolute Gasteiger partial charge is 0.407 e. The highest BCUT2D eigenvalue weighted by Crippen LogP contribution is 2.39.